The third-order valence-corrected chi connectivity index (χ3v) is 4.82. The zero-order valence-electron chi connectivity index (χ0n) is 10.1. The summed E-state index contributed by atoms with van der Waals surface area (Å²) in [5.41, 5.74) is 3.88. The SMILES string of the molecule is CNCC1c2ccccc2CCC12CCC2. The second-order valence-electron chi connectivity index (χ2n) is 5.53. The molecule has 1 N–H and O–H groups in total. The summed E-state index contributed by atoms with van der Waals surface area (Å²) in [5.74, 6) is 0.760. The van der Waals surface area contributed by atoms with Gasteiger partial charge in [-0.3, -0.25) is 0 Å². The van der Waals surface area contributed by atoms with Gasteiger partial charge < -0.3 is 5.32 Å². The third kappa shape index (κ3) is 1.41. The fraction of sp³-hybridized carbons (Fsp3) is 0.600. The highest BCUT2D eigenvalue weighted by molar-refractivity contribution is 5.36. The van der Waals surface area contributed by atoms with E-state index in [1.807, 2.05) is 0 Å². The molecule has 1 unspecified atom stereocenters. The number of hydrogen-bond acceptors (Lipinski definition) is 1. The molecule has 0 radical (unpaired) electrons. The van der Waals surface area contributed by atoms with Gasteiger partial charge in [-0.1, -0.05) is 30.7 Å². The van der Waals surface area contributed by atoms with Gasteiger partial charge in [0.1, 0.15) is 0 Å². The monoisotopic (exact) mass is 215 g/mol. The number of fused-ring (bicyclic) bond motifs is 1. The number of rotatable bonds is 2. The van der Waals surface area contributed by atoms with Crippen molar-refractivity contribution in [3.63, 3.8) is 0 Å². The minimum absolute atomic E-state index is 0.650. The van der Waals surface area contributed by atoms with Crippen LogP contribution in [-0.2, 0) is 6.42 Å². The number of nitrogens with one attached hydrogen (secondary N) is 1. The van der Waals surface area contributed by atoms with Crippen molar-refractivity contribution in [3.05, 3.63) is 35.4 Å². The van der Waals surface area contributed by atoms with E-state index in [0.717, 1.165) is 12.5 Å². The Bertz CT molecular complexity index is 379. The molecular formula is C15H21N. The predicted molar refractivity (Wildman–Crippen MR) is 67.7 cm³/mol. The molecule has 0 heterocycles. The average molecular weight is 215 g/mol. The number of aryl methyl sites for hydroxylation is 1. The van der Waals surface area contributed by atoms with E-state index in [1.54, 1.807) is 11.1 Å². The first-order valence-electron chi connectivity index (χ1n) is 6.58. The summed E-state index contributed by atoms with van der Waals surface area (Å²) in [7, 11) is 2.09. The van der Waals surface area contributed by atoms with Crippen LogP contribution in [0.2, 0.25) is 0 Å². The van der Waals surface area contributed by atoms with E-state index >= 15 is 0 Å². The van der Waals surface area contributed by atoms with Gasteiger partial charge in [0.2, 0.25) is 0 Å². The van der Waals surface area contributed by atoms with Crippen molar-refractivity contribution in [2.24, 2.45) is 5.41 Å². The van der Waals surface area contributed by atoms with E-state index in [1.165, 1.54) is 32.1 Å². The van der Waals surface area contributed by atoms with Gasteiger partial charge in [0.15, 0.2) is 0 Å². The minimum atomic E-state index is 0.650. The molecule has 0 saturated heterocycles. The summed E-state index contributed by atoms with van der Waals surface area (Å²) >= 11 is 0. The van der Waals surface area contributed by atoms with Crippen LogP contribution in [-0.4, -0.2) is 13.6 Å². The van der Waals surface area contributed by atoms with Crippen molar-refractivity contribution in [3.8, 4) is 0 Å². The maximum Gasteiger partial charge on any atom is 0.00226 e. The Balaban J connectivity index is 1.99. The zero-order valence-corrected chi connectivity index (χ0v) is 10.1. The third-order valence-electron chi connectivity index (χ3n) is 4.82. The van der Waals surface area contributed by atoms with E-state index in [0.29, 0.717) is 5.41 Å². The summed E-state index contributed by atoms with van der Waals surface area (Å²) in [5, 5.41) is 3.40. The van der Waals surface area contributed by atoms with Gasteiger partial charge in [0.25, 0.3) is 0 Å². The summed E-state index contributed by atoms with van der Waals surface area (Å²) in [6.07, 6.45) is 7.07. The average Bonchev–Trinajstić information content (AvgIpc) is 2.28. The molecule has 3 rings (SSSR count). The summed E-state index contributed by atoms with van der Waals surface area (Å²) in [6, 6.07) is 9.08. The smallest absolute Gasteiger partial charge is 0.00226 e. The van der Waals surface area contributed by atoms with Crippen molar-refractivity contribution < 1.29 is 0 Å². The van der Waals surface area contributed by atoms with Crippen LogP contribution in [0.3, 0.4) is 0 Å². The number of hydrogen-bond donors (Lipinski definition) is 1. The quantitative estimate of drug-likeness (QED) is 0.799. The Kier molecular flexibility index (Phi) is 2.51. The first-order chi connectivity index (χ1) is 7.86. The fourth-order valence-electron chi connectivity index (χ4n) is 3.75. The molecule has 1 heteroatoms. The van der Waals surface area contributed by atoms with Gasteiger partial charge in [-0.25, -0.2) is 0 Å². The normalized spacial score (nSPS) is 26.2. The highest BCUT2D eigenvalue weighted by Gasteiger charge is 2.46. The van der Waals surface area contributed by atoms with Crippen LogP contribution in [0.15, 0.2) is 24.3 Å². The molecule has 1 atom stereocenters. The molecule has 0 bridgehead atoms. The van der Waals surface area contributed by atoms with Crippen molar-refractivity contribution >= 4 is 0 Å². The number of benzene rings is 1. The van der Waals surface area contributed by atoms with E-state index in [9.17, 15) is 0 Å². The minimum Gasteiger partial charge on any atom is -0.319 e. The Morgan fingerprint density at radius 3 is 2.75 bits per heavy atom. The zero-order chi connectivity index (χ0) is 11.0. The second-order valence-corrected chi connectivity index (χ2v) is 5.53. The molecule has 2 aliphatic carbocycles. The van der Waals surface area contributed by atoms with Crippen LogP contribution in [0, 0.1) is 5.41 Å². The summed E-state index contributed by atoms with van der Waals surface area (Å²) < 4.78 is 0. The fourth-order valence-corrected chi connectivity index (χ4v) is 3.75. The van der Waals surface area contributed by atoms with Gasteiger partial charge >= 0.3 is 0 Å². The lowest BCUT2D eigenvalue weighted by atomic mass is 9.54. The Morgan fingerprint density at radius 1 is 1.25 bits per heavy atom. The maximum absolute atomic E-state index is 3.40. The molecule has 1 fully saturated rings. The Morgan fingerprint density at radius 2 is 2.06 bits per heavy atom. The second kappa shape index (κ2) is 3.89. The van der Waals surface area contributed by atoms with Gasteiger partial charge in [0.05, 0.1) is 0 Å². The van der Waals surface area contributed by atoms with Gasteiger partial charge in [-0.05, 0) is 49.3 Å². The lowest BCUT2D eigenvalue weighted by Gasteiger charge is -2.51. The standard InChI is InChI=1S/C15H21N/c1-16-11-14-13-6-3-2-5-12(13)7-10-15(14)8-4-9-15/h2-3,5-6,14,16H,4,7-11H2,1H3. The molecule has 1 aromatic rings. The van der Waals surface area contributed by atoms with E-state index in [-0.39, 0.29) is 0 Å². The summed E-state index contributed by atoms with van der Waals surface area (Å²) in [6.45, 7) is 1.15. The lowest BCUT2D eigenvalue weighted by molar-refractivity contribution is 0.0705. The molecule has 0 aromatic heterocycles. The molecule has 1 saturated carbocycles. The highest BCUT2D eigenvalue weighted by Crippen LogP contribution is 2.57. The first kappa shape index (κ1) is 10.3. The van der Waals surface area contributed by atoms with Gasteiger partial charge in [0, 0.05) is 12.5 Å². The Labute approximate surface area is 98.3 Å². The lowest BCUT2D eigenvalue weighted by Crippen LogP contribution is -2.43. The molecule has 16 heavy (non-hydrogen) atoms. The van der Waals surface area contributed by atoms with Crippen molar-refractivity contribution in [2.45, 2.75) is 38.0 Å². The molecule has 0 amide bonds. The van der Waals surface area contributed by atoms with Crippen LogP contribution in [0.4, 0.5) is 0 Å². The largest absolute Gasteiger partial charge is 0.319 e. The molecule has 86 valence electrons. The molecule has 1 aromatic carbocycles. The molecule has 1 nitrogen and oxygen atoms in total. The first-order valence-corrected chi connectivity index (χ1v) is 6.58. The number of likely N-dealkylation sites (N-methyl/N-ethyl adjacent to an activating group) is 1. The van der Waals surface area contributed by atoms with Crippen LogP contribution < -0.4 is 5.32 Å². The van der Waals surface area contributed by atoms with Gasteiger partial charge in [-0.15, -0.1) is 0 Å². The Hall–Kier alpha value is -0.820. The van der Waals surface area contributed by atoms with Crippen LogP contribution in [0.1, 0.15) is 42.7 Å². The maximum atomic E-state index is 3.40. The topological polar surface area (TPSA) is 12.0 Å². The van der Waals surface area contributed by atoms with Crippen molar-refractivity contribution in [1.29, 1.82) is 0 Å². The summed E-state index contributed by atoms with van der Waals surface area (Å²) in [4.78, 5) is 0. The van der Waals surface area contributed by atoms with Gasteiger partial charge in [-0.2, -0.15) is 0 Å². The van der Waals surface area contributed by atoms with Crippen LogP contribution in [0.5, 0.6) is 0 Å². The molecule has 2 aliphatic rings. The predicted octanol–water partition coefficient (Wildman–Crippen LogP) is 3.11. The molecular weight excluding hydrogens is 194 g/mol. The molecule has 1 spiro atoms. The van der Waals surface area contributed by atoms with Crippen molar-refractivity contribution in [1.82, 2.24) is 5.32 Å². The van der Waals surface area contributed by atoms with E-state index in [4.69, 9.17) is 0 Å². The highest BCUT2D eigenvalue weighted by atomic mass is 14.8. The van der Waals surface area contributed by atoms with Crippen LogP contribution >= 0.6 is 0 Å². The van der Waals surface area contributed by atoms with Crippen LogP contribution in [0.25, 0.3) is 0 Å². The van der Waals surface area contributed by atoms with Crippen molar-refractivity contribution in [2.75, 3.05) is 13.6 Å². The molecule has 0 aliphatic heterocycles. The van der Waals surface area contributed by atoms with E-state index < -0.39 is 0 Å². The van der Waals surface area contributed by atoms with E-state index in [2.05, 4.69) is 36.6 Å².